The van der Waals surface area contributed by atoms with Crippen molar-refractivity contribution in [2.45, 2.75) is 13.0 Å². The Hall–Kier alpha value is -1.42. The first-order valence-corrected chi connectivity index (χ1v) is 4.82. The summed E-state index contributed by atoms with van der Waals surface area (Å²) in [5.41, 5.74) is 1.85. The molecule has 80 valence electrons. The highest BCUT2D eigenvalue weighted by atomic mass is 19.1. The standard InChI is InChI=1S/C11H12FNO2/c1-15-11(14)8-4-7-2-3-13-6-9(7)10(12)5-8/h4-5,13H,2-3,6H2,1H3. The van der Waals surface area contributed by atoms with E-state index >= 15 is 0 Å². The molecule has 3 nitrogen and oxygen atoms in total. The average Bonchev–Trinajstić information content (AvgIpc) is 2.28. The Morgan fingerprint density at radius 1 is 1.53 bits per heavy atom. The lowest BCUT2D eigenvalue weighted by molar-refractivity contribution is 0.0600. The number of ether oxygens (including phenoxy) is 1. The second-order valence-corrected chi connectivity index (χ2v) is 3.51. The van der Waals surface area contributed by atoms with Crippen LogP contribution in [-0.4, -0.2) is 19.6 Å². The molecule has 0 radical (unpaired) electrons. The number of rotatable bonds is 1. The van der Waals surface area contributed by atoms with Crippen molar-refractivity contribution in [2.75, 3.05) is 13.7 Å². The normalized spacial score (nSPS) is 14.5. The molecular formula is C11H12FNO2. The maximum Gasteiger partial charge on any atom is 0.337 e. The van der Waals surface area contributed by atoms with Gasteiger partial charge >= 0.3 is 5.97 Å². The van der Waals surface area contributed by atoms with Crippen molar-refractivity contribution in [3.05, 3.63) is 34.6 Å². The van der Waals surface area contributed by atoms with Gasteiger partial charge in [0.2, 0.25) is 0 Å². The minimum absolute atomic E-state index is 0.288. The summed E-state index contributed by atoms with van der Waals surface area (Å²) >= 11 is 0. The summed E-state index contributed by atoms with van der Waals surface area (Å²) in [5.74, 6) is -0.824. The number of nitrogens with one attached hydrogen (secondary N) is 1. The van der Waals surface area contributed by atoms with Crippen molar-refractivity contribution in [1.29, 1.82) is 0 Å². The zero-order valence-electron chi connectivity index (χ0n) is 8.47. The second kappa shape index (κ2) is 3.98. The van der Waals surface area contributed by atoms with Crippen molar-refractivity contribution in [3.8, 4) is 0 Å². The van der Waals surface area contributed by atoms with Crippen LogP contribution in [0.4, 0.5) is 4.39 Å². The van der Waals surface area contributed by atoms with Crippen molar-refractivity contribution in [1.82, 2.24) is 5.32 Å². The van der Waals surface area contributed by atoms with Gasteiger partial charge < -0.3 is 10.1 Å². The predicted octanol–water partition coefficient (Wildman–Crippen LogP) is 1.26. The largest absolute Gasteiger partial charge is 0.465 e. The van der Waals surface area contributed by atoms with Crippen molar-refractivity contribution in [3.63, 3.8) is 0 Å². The van der Waals surface area contributed by atoms with E-state index in [2.05, 4.69) is 10.1 Å². The first-order chi connectivity index (χ1) is 7.22. The first-order valence-electron chi connectivity index (χ1n) is 4.82. The van der Waals surface area contributed by atoms with Gasteiger partial charge in [0, 0.05) is 12.1 Å². The molecule has 1 aliphatic heterocycles. The third-order valence-electron chi connectivity index (χ3n) is 2.58. The van der Waals surface area contributed by atoms with Crippen molar-refractivity contribution >= 4 is 5.97 Å². The van der Waals surface area contributed by atoms with E-state index in [-0.39, 0.29) is 11.4 Å². The zero-order valence-corrected chi connectivity index (χ0v) is 8.47. The molecule has 1 aromatic rings. The average molecular weight is 209 g/mol. The molecule has 0 amide bonds. The minimum Gasteiger partial charge on any atom is -0.465 e. The van der Waals surface area contributed by atoms with Crippen LogP contribution in [0.1, 0.15) is 21.5 Å². The maximum atomic E-state index is 13.6. The van der Waals surface area contributed by atoms with Crippen LogP contribution in [0.5, 0.6) is 0 Å². The summed E-state index contributed by atoms with van der Waals surface area (Å²) in [6, 6.07) is 2.95. The third kappa shape index (κ3) is 1.85. The Labute approximate surface area is 87.2 Å². The number of hydrogen-bond acceptors (Lipinski definition) is 3. The number of hydrogen-bond donors (Lipinski definition) is 1. The number of fused-ring (bicyclic) bond motifs is 1. The summed E-state index contributed by atoms with van der Waals surface area (Å²) in [6.45, 7) is 1.35. The van der Waals surface area contributed by atoms with Gasteiger partial charge in [0.1, 0.15) is 5.82 Å². The molecule has 1 heterocycles. The summed E-state index contributed by atoms with van der Waals surface area (Å²) in [6.07, 6.45) is 0.747. The topological polar surface area (TPSA) is 38.3 Å². The molecular weight excluding hydrogens is 197 g/mol. The number of carbonyl (C=O) groups is 1. The van der Waals surface area contributed by atoms with Gasteiger partial charge in [0.15, 0.2) is 0 Å². The van der Waals surface area contributed by atoms with E-state index in [4.69, 9.17) is 0 Å². The fourth-order valence-electron chi connectivity index (χ4n) is 1.79. The molecule has 0 atom stereocenters. The monoisotopic (exact) mass is 209 g/mol. The van der Waals surface area contributed by atoms with Gasteiger partial charge in [-0.1, -0.05) is 0 Å². The highest BCUT2D eigenvalue weighted by Crippen LogP contribution is 2.20. The van der Waals surface area contributed by atoms with Crippen LogP contribution in [0.25, 0.3) is 0 Å². The number of benzene rings is 1. The van der Waals surface area contributed by atoms with Crippen LogP contribution < -0.4 is 5.32 Å². The van der Waals surface area contributed by atoms with E-state index in [1.165, 1.54) is 13.2 Å². The molecule has 1 aromatic carbocycles. The number of halogens is 1. The van der Waals surface area contributed by atoms with Crippen molar-refractivity contribution in [2.24, 2.45) is 0 Å². The summed E-state index contributed by atoms with van der Waals surface area (Å²) in [4.78, 5) is 11.2. The smallest absolute Gasteiger partial charge is 0.337 e. The Morgan fingerprint density at radius 3 is 3.07 bits per heavy atom. The molecule has 0 aliphatic carbocycles. The molecule has 1 N–H and O–H groups in total. The van der Waals surface area contributed by atoms with Crippen molar-refractivity contribution < 1.29 is 13.9 Å². The number of methoxy groups -OCH3 is 1. The molecule has 0 saturated heterocycles. The third-order valence-corrected chi connectivity index (χ3v) is 2.58. The first kappa shape index (κ1) is 10.1. The summed E-state index contributed by atoms with van der Waals surface area (Å²) in [7, 11) is 1.29. The Bertz CT molecular complexity index is 404. The SMILES string of the molecule is COC(=O)c1cc(F)c2c(c1)CCNC2. The van der Waals surface area contributed by atoms with Gasteiger partial charge in [-0.3, -0.25) is 0 Å². The predicted molar refractivity (Wildman–Crippen MR) is 53.2 cm³/mol. The Kier molecular flexibility index (Phi) is 2.68. The van der Waals surface area contributed by atoms with E-state index in [1.807, 2.05) is 0 Å². The number of esters is 1. The second-order valence-electron chi connectivity index (χ2n) is 3.51. The van der Waals surface area contributed by atoms with E-state index in [1.54, 1.807) is 6.07 Å². The molecule has 0 saturated carbocycles. The fourth-order valence-corrected chi connectivity index (χ4v) is 1.79. The van der Waals surface area contributed by atoms with Gasteiger partial charge in [-0.25, -0.2) is 9.18 Å². The van der Waals surface area contributed by atoms with Crippen LogP contribution in [-0.2, 0) is 17.7 Å². The lowest BCUT2D eigenvalue weighted by Gasteiger charge is -2.18. The van der Waals surface area contributed by atoms with E-state index < -0.39 is 5.97 Å². The van der Waals surface area contributed by atoms with Crippen LogP contribution in [0.2, 0.25) is 0 Å². The van der Waals surface area contributed by atoms with E-state index in [9.17, 15) is 9.18 Å². The minimum atomic E-state index is -0.491. The molecule has 4 heteroatoms. The Morgan fingerprint density at radius 2 is 2.33 bits per heavy atom. The zero-order chi connectivity index (χ0) is 10.8. The molecule has 0 aromatic heterocycles. The summed E-state index contributed by atoms with van der Waals surface area (Å²) < 4.78 is 18.1. The lowest BCUT2D eigenvalue weighted by Crippen LogP contribution is -2.25. The molecule has 15 heavy (non-hydrogen) atoms. The highest BCUT2D eigenvalue weighted by Gasteiger charge is 2.17. The van der Waals surface area contributed by atoms with Gasteiger partial charge in [0.25, 0.3) is 0 Å². The number of carbonyl (C=O) groups excluding carboxylic acids is 1. The van der Waals surface area contributed by atoms with E-state index in [0.29, 0.717) is 12.1 Å². The highest BCUT2D eigenvalue weighted by molar-refractivity contribution is 5.89. The Balaban J connectivity index is 2.45. The van der Waals surface area contributed by atoms with Crippen LogP contribution in [0.3, 0.4) is 0 Å². The molecule has 0 bridgehead atoms. The molecule has 0 spiro atoms. The fraction of sp³-hybridized carbons (Fsp3) is 0.364. The van der Waals surface area contributed by atoms with Gasteiger partial charge in [0.05, 0.1) is 12.7 Å². The molecule has 0 fully saturated rings. The summed E-state index contributed by atoms with van der Waals surface area (Å²) in [5, 5.41) is 3.09. The quantitative estimate of drug-likeness (QED) is 0.707. The van der Waals surface area contributed by atoms with Gasteiger partial charge in [-0.15, -0.1) is 0 Å². The molecule has 0 unspecified atom stereocenters. The molecule has 1 aliphatic rings. The maximum absolute atomic E-state index is 13.6. The van der Waals surface area contributed by atoms with Gasteiger partial charge in [-0.05, 0) is 30.7 Å². The molecule has 2 rings (SSSR count). The van der Waals surface area contributed by atoms with E-state index in [0.717, 1.165) is 18.5 Å². The van der Waals surface area contributed by atoms with Gasteiger partial charge in [-0.2, -0.15) is 0 Å². The lowest BCUT2D eigenvalue weighted by atomic mass is 9.98. The van der Waals surface area contributed by atoms with Crippen LogP contribution in [0, 0.1) is 5.82 Å². The van der Waals surface area contributed by atoms with Crippen LogP contribution >= 0.6 is 0 Å². The van der Waals surface area contributed by atoms with Crippen LogP contribution in [0.15, 0.2) is 12.1 Å².